The topological polar surface area (TPSA) is 102 Å². The predicted octanol–water partition coefficient (Wildman–Crippen LogP) is 1.32. The van der Waals surface area contributed by atoms with Crippen molar-refractivity contribution in [2.24, 2.45) is 0 Å². The maximum Gasteiger partial charge on any atom is 0.218 e. The van der Waals surface area contributed by atoms with Crippen LogP contribution < -0.4 is 10.1 Å². The Morgan fingerprint density at radius 2 is 2.27 bits per heavy atom. The first-order valence-corrected chi connectivity index (χ1v) is 6.77. The van der Waals surface area contributed by atoms with E-state index in [1.165, 1.54) is 6.33 Å². The lowest BCUT2D eigenvalue weighted by Crippen LogP contribution is -2.07. The Bertz CT molecular complexity index is 729. The lowest BCUT2D eigenvalue weighted by molar-refractivity contribution is 0.397. The molecule has 0 aromatic carbocycles. The van der Waals surface area contributed by atoms with Gasteiger partial charge in [0, 0.05) is 37.0 Å². The number of ether oxygens (including phenoxy) is 1. The molecule has 3 aromatic heterocycles. The highest BCUT2D eigenvalue weighted by atomic mass is 16.5. The minimum atomic E-state index is 0.524. The van der Waals surface area contributed by atoms with E-state index in [9.17, 15) is 0 Å². The van der Waals surface area contributed by atoms with Crippen LogP contribution in [0.15, 0.2) is 36.9 Å². The molecule has 0 aliphatic carbocycles. The van der Waals surface area contributed by atoms with Crippen molar-refractivity contribution in [3.05, 3.63) is 42.7 Å². The van der Waals surface area contributed by atoms with Gasteiger partial charge in [0.2, 0.25) is 5.88 Å². The molecule has 3 aromatic rings. The zero-order chi connectivity index (χ0) is 15.2. The van der Waals surface area contributed by atoms with E-state index in [0.29, 0.717) is 30.5 Å². The predicted molar refractivity (Wildman–Crippen MR) is 80.4 cm³/mol. The van der Waals surface area contributed by atoms with Crippen molar-refractivity contribution >= 4 is 5.82 Å². The van der Waals surface area contributed by atoms with Gasteiger partial charge in [-0.25, -0.2) is 15.0 Å². The van der Waals surface area contributed by atoms with Crippen LogP contribution in [0.1, 0.15) is 5.82 Å². The Labute approximate surface area is 127 Å². The summed E-state index contributed by atoms with van der Waals surface area (Å²) in [5.41, 5.74) is 0.887. The van der Waals surface area contributed by atoms with E-state index in [2.05, 4.69) is 35.5 Å². The molecule has 0 aliphatic heterocycles. The summed E-state index contributed by atoms with van der Waals surface area (Å²) >= 11 is 0. The molecule has 0 saturated carbocycles. The number of pyridine rings is 1. The lowest BCUT2D eigenvalue weighted by atomic mass is 10.3. The summed E-state index contributed by atoms with van der Waals surface area (Å²) in [5.74, 6) is 2.68. The van der Waals surface area contributed by atoms with E-state index in [-0.39, 0.29) is 0 Å². The van der Waals surface area contributed by atoms with Crippen LogP contribution >= 0.6 is 0 Å². The number of aromatic amines is 1. The monoisotopic (exact) mass is 297 g/mol. The zero-order valence-corrected chi connectivity index (χ0v) is 12.0. The van der Waals surface area contributed by atoms with Crippen LogP contribution in [0.5, 0.6) is 5.88 Å². The summed E-state index contributed by atoms with van der Waals surface area (Å²) in [4.78, 5) is 16.6. The van der Waals surface area contributed by atoms with Crippen LogP contribution in [-0.2, 0) is 6.42 Å². The Balaban J connectivity index is 1.57. The summed E-state index contributed by atoms with van der Waals surface area (Å²) in [6.45, 7) is 0.668. The number of anilines is 1. The molecule has 8 heteroatoms. The molecular formula is C14H15N7O. The van der Waals surface area contributed by atoms with Gasteiger partial charge in [0.15, 0.2) is 5.82 Å². The number of hydrogen-bond donors (Lipinski definition) is 2. The fraction of sp³-hybridized carbons (Fsp3) is 0.214. The average Bonchev–Trinajstić information content (AvgIpc) is 3.05. The zero-order valence-electron chi connectivity index (χ0n) is 12.0. The number of methoxy groups -OCH3 is 1. The molecule has 112 valence electrons. The van der Waals surface area contributed by atoms with Gasteiger partial charge in [-0.15, -0.1) is 0 Å². The highest BCUT2D eigenvalue weighted by Crippen LogP contribution is 2.13. The molecule has 0 atom stereocenters. The summed E-state index contributed by atoms with van der Waals surface area (Å²) in [6, 6.07) is 5.52. The number of H-pyrrole nitrogens is 1. The molecule has 8 nitrogen and oxygen atoms in total. The minimum absolute atomic E-state index is 0.524. The third kappa shape index (κ3) is 3.35. The molecule has 3 heterocycles. The Kier molecular flexibility index (Phi) is 4.19. The van der Waals surface area contributed by atoms with Crippen LogP contribution in [0.25, 0.3) is 11.4 Å². The van der Waals surface area contributed by atoms with Gasteiger partial charge in [0.25, 0.3) is 0 Å². The van der Waals surface area contributed by atoms with Crippen molar-refractivity contribution in [2.45, 2.75) is 6.42 Å². The lowest BCUT2D eigenvalue weighted by Gasteiger charge is -2.04. The number of nitrogens with one attached hydrogen (secondary N) is 2. The van der Waals surface area contributed by atoms with Gasteiger partial charge in [-0.05, 0) is 12.1 Å². The van der Waals surface area contributed by atoms with Crippen LogP contribution in [-0.4, -0.2) is 43.8 Å². The van der Waals surface area contributed by atoms with E-state index >= 15 is 0 Å². The van der Waals surface area contributed by atoms with Crippen molar-refractivity contribution in [3.8, 4) is 17.3 Å². The molecule has 0 spiro atoms. The first kappa shape index (κ1) is 13.9. The Morgan fingerprint density at radius 1 is 1.32 bits per heavy atom. The van der Waals surface area contributed by atoms with Gasteiger partial charge >= 0.3 is 0 Å². The first-order valence-electron chi connectivity index (χ1n) is 6.77. The standard InChI is InChI=1S/C14H15N7O/c1-22-13-7-12(17-9-18-13)16-6-4-11-19-14(21-20-11)10-3-2-5-15-8-10/h2-3,5,7-9H,4,6H2,1H3,(H,16,17,18)(H,19,20,21). The molecular weight excluding hydrogens is 282 g/mol. The largest absolute Gasteiger partial charge is 0.481 e. The maximum absolute atomic E-state index is 5.05. The van der Waals surface area contributed by atoms with Gasteiger partial charge < -0.3 is 10.1 Å². The third-order valence-corrected chi connectivity index (χ3v) is 2.97. The second-order valence-electron chi connectivity index (χ2n) is 4.47. The molecule has 0 saturated heterocycles. The molecule has 22 heavy (non-hydrogen) atoms. The first-order chi connectivity index (χ1) is 10.8. The van der Waals surface area contributed by atoms with Gasteiger partial charge in [0.05, 0.1) is 7.11 Å². The van der Waals surface area contributed by atoms with Crippen LogP contribution in [0.2, 0.25) is 0 Å². The van der Waals surface area contributed by atoms with E-state index in [0.717, 1.165) is 11.4 Å². The molecule has 0 unspecified atom stereocenters. The molecule has 0 radical (unpaired) electrons. The Hall–Kier alpha value is -3.03. The molecule has 0 fully saturated rings. The van der Waals surface area contributed by atoms with Crippen molar-refractivity contribution in [2.75, 3.05) is 19.0 Å². The number of nitrogens with zero attached hydrogens (tertiary/aromatic N) is 5. The molecule has 0 aliphatic rings. The van der Waals surface area contributed by atoms with Crippen LogP contribution in [0, 0.1) is 0 Å². The number of hydrogen-bond acceptors (Lipinski definition) is 7. The van der Waals surface area contributed by atoms with Crippen LogP contribution in [0.3, 0.4) is 0 Å². The van der Waals surface area contributed by atoms with Crippen molar-refractivity contribution in [1.82, 2.24) is 30.1 Å². The van der Waals surface area contributed by atoms with Gasteiger partial charge in [-0.2, -0.15) is 5.10 Å². The average molecular weight is 297 g/mol. The third-order valence-electron chi connectivity index (χ3n) is 2.97. The molecule has 0 amide bonds. The number of rotatable bonds is 6. The van der Waals surface area contributed by atoms with Crippen molar-refractivity contribution in [3.63, 3.8) is 0 Å². The smallest absolute Gasteiger partial charge is 0.218 e. The number of aromatic nitrogens is 6. The summed E-state index contributed by atoms with van der Waals surface area (Å²) < 4.78 is 5.05. The summed E-state index contributed by atoms with van der Waals surface area (Å²) in [6.07, 6.45) is 5.60. The van der Waals surface area contributed by atoms with E-state index in [1.54, 1.807) is 25.6 Å². The second kappa shape index (κ2) is 6.61. The van der Waals surface area contributed by atoms with Gasteiger partial charge in [-0.1, -0.05) is 0 Å². The maximum atomic E-state index is 5.05. The highest BCUT2D eigenvalue weighted by molar-refractivity contribution is 5.52. The normalized spacial score (nSPS) is 10.4. The fourth-order valence-electron chi connectivity index (χ4n) is 1.89. The van der Waals surface area contributed by atoms with E-state index < -0.39 is 0 Å². The van der Waals surface area contributed by atoms with E-state index in [1.807, 2.05) is 12.1 Å². The quantitative estimate of drug-likeness (QED) is 0.707. The van der Waals surface area contributed by atoms with E-state index in [4.69, 9.17) is 4.74 Å². The molecule has 3 rings (SSSR count). The minimum Gasteiger partial charge on any atom is -0.481 e. The highest BCUT2D eigenvalue weighted by Gasteiger charge is 2.06. The second-order valence-corrected chi connectivity index (χ2v) is 4.47. The summed E-state index contributed by atoms with van der Waals surface area (Å²) in [5, 5.41) is 10.3. The SMILES string of the molecule is COc1cc(NCCc2nc(-c3cccnc3)n[nH]2)ncn1. The van der Waals surface area contributed by atoms with Gasteiger partial charge in [-0.3, -0.25) is 10.1 Å². The molecule has 2 N–H and O–H groups in total. The van der Waals surface area contributed by atoms with Crippen molar-refractivity contribution in [1.29, 1.82) is 0 Å². The summed E-state index contributed by atoms with van der Waals surface area (Å²) in [7, 11) is 1.57. The van der Waals surface area contributed by atoms with Crippen molar-refractivity contribution < 1.29 is 4.74 Å². The molecule has 0 bridgehead atoms. The van der Waals surface area contributed by atoms with Crippen LogP contribution in [0.4, 0.5) is 5.82 Å². The fourth-order valence-corrected chi connectivity index (χ4v) is 1.89. The Morgan fingerprint density at radius 3 is 3.09 bits per heavy atom. The van der Waals surface area contributed by atoms with Gasteiger partial charge in [0.1, 0.15) is 18.0 Å².